The number of hydrogen-bond acceptors (Lipinski definition) is 13. The van der Waals surface area contributed by atoms with Gasteiger partial charge in [-0.05, 0) is 74.9 Å². The number of methoxy groups -OCH3 is 1. The molecule has 2 unspecified atom stereocenters. The molecule has 0 spiro atoms. The monoisotopic (exact) mass is 1140 g/mol. The van der Waals surface area contributed by atoms with E-state index >= 15 is 8.78 Å². The lowest BCUT2D eigenvalue weighted by atomic mass is 9.75. The number of alkyl halides is 8. The summed E-state index contributed by atoms with van der Waals surface area (Å²) in [6, 6.07) is 7.62. The summed E-state index contributed by atoms with van der Waals surface area (Å²) in [6.07, 6.45) is -8.44. The number of nitrogens with zero attached hydrogens (tertiary/aromatic N) is 7. The predicted octanol–water partition coefficient (Wildman–Crippen LogP) is 7.34. The lowest BCUT2D eigenvalue weighted by Gasteiger charge is -2.47. The second kappa shape index (κ2) is 24.6. The zero-order valence-electron chi connectivity index (χ0n) is 44.5. The number of halogens is 10. The number of amides is 2. The zero-order chi connectivity index (χ0) is 58.6. The number of Topliss-reactive ketones (excluding diaryl/α,β-unsaturated/α-hetero) is 1. The van der Waals surface area contributed by atoms with Crippen LogP contribution in [0.1, 0.15) is 89.1 Å². The van der Waals surface area contributed by atoms with Crippen molar-refractivity contribution in [3.63, 3.8) is 0 Å². The summed E-state index contributed by atoms with van der Waals surface area (Å²) in [5.41, 5.74) is -3.94. The molecule has 6 atom stereocenters. The maximum Gasteiger partial charge on any atom is 0.396 e. The van der Waals surface area contributed by atoms with Gasteiger partial charge in [-0.2, -0.15) is 40.2 Å². The van der Waals surface area contributed by atoms with Crippen molar-refractivity contribution in [3.05, 3.63) is 94.9 Å². The van der Waals surface area contributed by atoms with Crippen molar-refractivity contribution < 1.29 is 77.7 Å². The number of benzene rings is 2. The minimum atomic E-state index is -5.15. The fourth-order valence-electron chi connectivity index (χ4n) is 10.1. The highest BCUT2D eigenvalue weighted by molar-refractivity contribution is 5.89. The van der Waals surface area contributed by atoms with Crippen LogP contribution in [-0.4, -0.2) is 141 Å². The van der Waals surface area contributed by atoms with E-state index in [-0.39, 0.29) is 22.4 Å². The molecule has 7 rings (SSSR count). The van der Waals surface area contributed by atoms with Gasteiger partial charge in [-0.25, -0.2) is 28.4 Å². The van der Waals surface area contributed by atoms with Crippen LogP contribution in [0, 0.1) is 46.1 Å². The minimum Gasteiger partial charge on any atom is -0.469 e. The Morgan fingerprint density at radius 3 is 1.95 bits per heavy atom. The molecule has 2 aromatic heterocycles. The highest BCUT2D eigenvalue weighted by Gasteiger charge is 2.57. The lowest BCUT2D eigenvalue weighted by Crippen LogP contribution is -2.62. The van der Waals surface area contributed by atoms with Gasteiger partial charge < -0.3 is 24.8 Å². The number of piperazine rings is 1. The summed E-state index contributed by atoms with van der Waals surface area (Å²) < 4.78 is 156. The zero-order valence-corrected chi connectivity index (χ0v) is 44.5. The minimum absolute atomic E-state index is 0.213. The van der Waals surface area contributed by atoms with E-state index in [1.165, 1.54) is 12.1 Å². The molecule has 5 heterocycles. The van der Waals surface area contributed by atoms with Crippen molar-refractivity contribution in [1.29, 1.82) is 0 Å². The molecule has 16 nitrogen and oxygen atoms in total. The molecule has 0 aliphatic carbocycles. The smallest absolute Gasteiger partial charge is 0.396 e. The number of anilines is 1. The van der Waals surface area contributed by atoms with E-state index in [1.54, 1.807) is 24.5 Å². The summed E-state index contributed by atoms with van der Waals surface area (Å²) in [4.78, 5) is 66.9. The van der Waals surface area contributed by atoms with Crippen LogP contribution >= 0.6 is 0 Å². The molecule has 26 heteroatoms. The van der Waals surface area contributed by atoms with Crippen molar-refractivity contribution >= 4 is 29.5 Å². The Bertz CT molecular complexity index is 2890. The normalized spacial score (nSPS) is 18.7. The molecule has 3 saturated heterocycles. The number of carbonyl (C=O) groups excluding carboxylic acids is 4. The number of carbonyl (C=O) groups is 4. The van der Waals surface area contributed by atoms with Gasteiger partial charge in [0.05, 0.1) is 66.9 Å². The molecule has 3 fully saturated rings. The number of esters is 1. The largest absolute Gasteiger partial charge is 0.469 e. The van der Waals surface area contributed by atoms with E-state index < -0.39 is 120 Å². The molecule has 2 aromatic carbocycles. The van der Waals surface area contributed by atoms with E-state index in [0.717, 1.165) is 65.4 Å². The Balaban J connectivity index is 1.17. The van der Waals surface area contributed by atoms with Crippen LogP contribution < -0.4 is 15.6 Å². The average Bonchev–Trinajstić information content (AvgIpc) is 4.03. The molecular weight excluding hydrogens is 1080 g/mol. The summed E-state index contributed by atoms with van der Waals surface area (Å²) in [5, 5.41) is 18.4. The van der Waals surface area contributed by atoms with Crippen molar-refractivity contribution in [2.75, 3.05) is 44.9 Å². The van der Waals surface area contributed by atoms with Gasteiger partial charge in [0.1, 0.15) is 17.7 Å². The van der Waals surface area contributed by atoms with Crippen molar-refractivity contribution in [1.82, 2.24) is 40.4 Å². The first kappa shape index (κ1) is 60.9. The number of rotatable bonds is 21. The maximum absolute atomic E-state index is 16.0. The first-order chi connectivity index (χ1) is 37.5. The number of ketones is 1. The molecule has 3 aliphatic heterocycles. The Hall–Kier alpha value is -6.69. The third-order valence-corrected chi connectivity index (χ3v) is 15.2. The molecule has 0 saturated carbocycles. The van der Waals surface area contributed by atoms with Crippen LogP contribution in [0.25, 0.3) is 11.3 Å². The summed E-state index contributed by atoms with van der Waals surface area (Å²) in [7, 11) is 0.856. The van der Waals surface area contributed by atoms with Crippen LogP contribution in [-0.2, 0) is 41.6 Å². The van der Waals surface area contributed by atoms with Crippen molar-refractivity contribution in [2.24, 2.45) is 22.7 Å². The van der Waals surface area contributed by atoms with Gasteiger partial charge in [0.25, 0.3) is 0 Å². The van der Waals surface area contributed by atoms with E-state index in [9.17, 15) is 59.4 Å². The topological polar surface area (TPSA) is 184 Å². The Morgan fingerprint density at radius 2 is 1.44 bits per heavy atom. The van der Waals surface area contributed by atoms with Crippen molar-refractivity contribution in [2.45, 2.75) is 122 Å². The third-order valence-electron chi connectivity index (χ3n) is 15.2. The number of hydrogen-bond donors (Lipinski definition) is 3. The number of aliphatic hydroxyl groups is 1. The molecule has 4 aromatic rings. The number of hydrazine groups is 1. The standard InChI is InChI=1S/C54H61F10N9O7/c1-30(74)67-47(52(4,5)54(62,63)64)44(75)20-35(17-32-10-7-31(8-11-32)9-12-33-22-65-50(66-23-33)70-24-36-13-14-37(25-70)73(36)38-28-80-29-38)45(76)27-71(69-48(78)40(21-46(77)79-6)51(2,3)53(59,60)61)26-39-41(55)18-34(19-42(39)56)43-15-16-72(68-43)49(57)58/h7-8,10-11,15-16,18-19,22-23,35-38,40,45,47,49,76H,13-14,17,20-21,24-29H2,1-6H3,(H,67,74)(H,69,78)/t35-,36?,37?,40-,45+,47-/m1/s1. The Morgan fingerprint density at radius 1 is 0.850 bits per heavy atom. The molecule has 80 heavy (non-hydrogen) atoms. The maximum atomic E-state index is 16.0. The quantitative estimate of drug-likeness (QED) is 0.0326. The van der Waals surface area contributed by atoms with E-state index in [0.29, 0.717) is 85.6 Å². The van der Waals surface area contributed by atoms with Crippen LogP contribution in [0.2, 0.25) is 0 Å². The highest BCUT2D eigenvalue weighted by atomic mass is 19.4. The fourth-order valence-corrected chi connectivity index (χ4v) is 10.1. The third kappa shape index (κ3) is 14.1. The summed E-state index contributed by atoms with van der Waals surface area (Å²) in [6.45, 7) is 1.32. The van der Waals surface area contributed by atoms with E-state index in [2.05, 4.69) is 52.2 Å². The first-order valence-corrected chi connectivity index (χ1v) is 25.6. The average molecular weight is 1140 g/mol. The number of aliphatic hydroxyl groups excluding tert-OH is 1. The van der Waals surface area contributed by atoms with Crippen LogP contribution in [0.5, 0.6) is 0 Å². The second-order valence-electron chi connectivity index (χ2n) is 21.5. The summed E-state index contributed by atoms with van der Waals surface area (Å²) >= 11 is 0. The SMILES string of the molecule is COC(=O)C[C@H](C(=O)NN(Cc1c(F)cc(-c2ccn(C(F)F)n2)cc1F)C[C@H](O)[C@@H](CC(=O)[C@@H](NC(C)=O)C(C)(C)C(F)(F)F)Cc1ccc(C#Cc2cnc(N3CC4CCC(C3)N4C3COC3)nc2)cc1)C(C)(C)C(F)(F)F. The van der Waals surface area contributed by atoms with Crippen LogP contribution in [0.4, 0.5) is 49.9 Å². The Kier molecular flexibility index (Phi) is 18.7. The van der Waals surface area contributed by atoms with Crippen molar-refractivity contribution in [3.8, 4) is 23.1 Å². The van der Waals surface area contributed by atoms with E-state index in [1.807, 2.05) is 0 Å². The molecule has 434 valence electrons. The fraction of sp³-hybridized carbons (Fsp3) is 0.537. The Labute approximate surface area is 454 Å². The second-order valence-corrected chi connectivity index (χ2v) is 21.5. The van der Waals surface area contributed by atoms with Gasteiger partial charge in [-0.15, -0.1) is 0 Å². The van der Waals surface area contributed by atoms with Gasteiger partial charge in [-0.1, -0.05) is 37.8 Å². The lowest BCUT2D eigenvalue weighted by molar-refractivity contribution is -0.231. The van der Waals surface area contributed by atoms with E-state index in [4.69, 9.17) is 4.74 Å². The van der Waals surface area contributed by atoms with Crippen LogP contribution in [0.3, 0.4) is 0 Å². The molecular formula is C54H61F10N9O7. The van der Waals surface area contributed by atoms with Gasteiger partial charge in [0, 0.05) is 86.9 Å². The molecule has 0 radical (unpaired) electrons. The number of ether oxygens (including phenoxy) is 2. The van der Waals surface area contributed by atoms with Gasteiger partial charge in [-0.3, -0.25) is 29.5 Å². The number of aromatic nitrogens is 4. The number of fused-ring (bicyclic) bond motifs is 2. The predicted molar refractivity (Wildman–Crippen MR) is 268 cm³/mol. The van der Waals surface area contributed by atoms with Gasteiger partial charge in [0.2, 0.25) is 17.8 Å². The summed E-state index contributed by atoms with van der Waals surface area (Å²) in [5.74, 6) is -4.99. The molecule has 2 amide bonds. The van der Waals surface area contributed by atoms with Crippen LogP contribution in [0.15, 0.2) is 61.1 Å². The number of nitrogens with one attached hydrogen (secondary N) is 2. The highest BCUT2D eigenvalue weighted by Crippen LogP contribution is 2.46. The van der Waals surface area contributed by atoms with Gasteiger partial charge >= 0.3 is 24.9 Å². The van der Waals surface area contributed by atoms with Gasteiger partial charge in [0.15, 0.2) is 5.78 Å². The molecule has 3 N–H and O–H groups in total. The molecule has 2 bridgehead atoms. The first-order valence-electron chi connectivity index (χ1n) is 25.6. The molecule has 3 aliphatic rings.